The summed E-state index contributed by atoms with van der Waals surface area (Å²) in [5.74, 6) is 0. The van der Waals surface area contributed by atoms with Crippen LogP contribution in [0.5, 0.6) is 0 Å². The van der Waals surface area contributed by atoms with Crippen molar-refractivity contribution in [3.63, 3.8) is 0 Å². The zero-order chi connectivity index (χ0) is 11.5. The number of nitrogens with zero attached hydrogens (tertiary/aromatic N) is 2. The molecule has 1 aromatic carbocycles. The summed E-state index contributed by atoms with van der Waals surface area (Å²) in [6.07, 6.45) is 6.71. The lowest BCUT2D eigenvalue weighted by Gasteiger charge is -2.28. The quantitative estimate of drug-likeness (QED) is 0.712. The number of anilines is 1. The lowest BCUT2D eigenvalue weighted by Crippen LogP contribution is -2.45. The Hall–Kier alpha value is -1.83. The first-order valence-corrected chi connectivity index (χ1v) is 6.20. The number of hydrogen-bond donors (Lipinski definition) is 0. The van der Waals surface area contributed by atoms with Gasteiger partial charge < -0.3 is 4.90 Å². The van der Waals surface area contributed by atoms with Gasteiger partial charge in [-0.3, -0.25) is 0 Å². The molecule has 3 rings (SSSR count). The van der Waals surface area contributed by atoms with Crippen LogP contribution in [0.1, 0.15) is 12.0 Å². The Kier molecular flexibility index (Phi) is 2.78. The fraction of sp³-hybridized carbons (Fsp3) is 0.267. The molecule has 0 unspecified atom stereocenters. The molecule has 0 spiro atoms. The van der Waals surface area contributed by atoms with Crippen molar-refractivity contribution < 1.29 is 4.57 Å². The second kappa shape index (κ2) is 4.58. The van der Waals surface area contributed by atoms with Gasteiger partial charge in [0.25, 0.3) is 0 Å². The van der Waals surface area contributed by atoms with Crippen LogP contribution in [0.15, 0.2) is 54.9 Å². The minimum Gasteiger partial charge on any atom is -0.316 e. The largest absolute Gasteiger partial charge is 0.316 e. The van der Waals surface area contributed by atoms with E-state index in [0.29, 0.717) is 0 Å². The van der Waals surface area contributed by atoms with Crippen LogP contribution in [-0.2, 0) is 13.1 Å². The van der Waals surface area contributed by atoms with E-state index in [0.717, 1.165) is 13.2 Å². The molecule has 0 amide bonds. The Balaban J connectivity index is 1.86. The van der Waals surface area contributed by atoms with Crippen LogP contribution >= 0.6 is 0 Å². The lowest BCUT2D eigenvalue weighted by atomic mass is 10.0. The summed E-state index contributed by atoms with van der Waals surface area (Å²) in [6, 6.07) is 15.0. The van der Waals surface area contributed by atoms with E-state index in [2.05, 4.69) is 64.3 Å². The second-order valence-electron chi connectivity index (χ2n) is 4.53. The average Bonchev–Trinajstić information content (AvgIpc) is 2.40. The molecule has 17 heavy (non-hydrogen) atoms. The summed E-state index contributed by atoms with van der Waals surface area (Å²) >= 11 is 0. The highest BCUT2D eigenvalue weighted by Crippen LogP contribution is 2.26. The van der Waals surface area contributed by atoms with Gasteiger partial charge in [-0.15, -0.1) is 0 Å². The van der Waals surface area contributed by atoms with Crippen molar-refractivity contribution in [2.45, 2.75) is 19.5 Å². The van der Waals surface area contributed by atoms with Gasteiger partial charge >= 0.3 is 0 Å². The van der Waals surface area contributed by atoms with Crippen molar-refractivity contribution >= 4 is 5.69 Å². The summed E-state index contributed by atoms with van der Waals surface area (Å²) in [7, 11) is 0. The van der Waals surface area contributed by atoms with E-state index in [4.69, 9.17) is 0 Å². The Morgan fingerprint density at radius 1 is 1.00 bits per heavy atom. The molecule has 2 heteroatoms. The zero-order valence-electron chi connectivity index (χ0n) is 9.92. The summed E-state index contributed by atoms with van der Waals surface area (Å²) in [5, 5.41) is 0. The molecule has 86 valence electrons. The molecule has 0 atom stereocenters. The Morgan fingerprint density at radius 3 is 2.71 bits per heavy atom. The van der Waals surface area contributed by atoms with Crippen molar-refractivity contribution in [1.29, 1.82) is 0 Å². The molecule has 0 aliphatic carbocycles. The lowest BCUT2D eigenvalue weighted by molar-refractivity contribution is -0.696. The first-order chi connectivity index (χ1) is 8.43. The minimum atomic E-state index is 0.942. The highest BCUT2D eigenvalue weighted by atomic mass is 15.2. The molecule has 2 nitrogen and oxygen atoms in total. The molecule has 0 saturated carbocycles. The van der Waals surface area contributed by atoms with Gasteiger partial charge in [0.1, 0.15) is 0 Å². The third-order valence-electron chi connectivity index (χ3n) is 3.32. The number of pyridine rings is 1. The van der Waals surface area contributed by atoms with Crippen LogP contribution in [0.4, 0.5) is 5.69 Å². The topological polar surface area (TPSA) is 7.12 Å². The van der Waals surface area contributed by atoms with Crippen LogP contribution < -0.4 is 9.47 Å². The maximum atomic E-state index is 2.46. The minimum absolute atomic E-state index is 0.942. The van der Waals surface area contributed by atoms with E-state index in [1.807, 2.05) is 0 Å². The van der Waals surface area contributed by atoms with E-state index < -0.39 is 0 Å². The van der Waals surface area contributed by atoms with Gasteiger partial charge in [-0.05, 0) is 24.5 Å². The van der Waals surface area contributed by atoms with Crippen molar-refractivity contribution in [3.05, 3.63) is 60.4 Å². The van der Waals surface area contributed by atoms with Crippen molar-refractivity contribution in [2.75, 3.05) is 11.4 Å². The molecular weight excluding hydrogens is 208 g/mol. The molecule has 0 radical (unpaired) electrons. The predicted octanol–water partition coefficient (Wildman–Crippen LogP) is 2.38. The summed E-state index contributed by atoms with van der Waals surface area (Å²) in [4.78, 5) is 2.46. The summed E-state index contributed by atoms with van der Waals surface area (Å²) in [6.45, 7) is 2.09. The van der Waals surface area contributed by atoms with E-state index in [1.54, 1.807) is 0 Å². The normalized spacial score (nSPS) is 14.5. The predicted molar refractivity (Wildman–Crippen MR) is 68.7 cm³/mol. The zero-order valence-corrected chi connectivity index (χ0v) is 9.92. The average molecular weight is 225 g/mol. The highest BCUT2D eigenvalue weighted by molar-refractivity contribution is 5.54. The fourth-order valence-corrected chi connectivity index (χ4v) is 2.48. The number of para-hydroxylation sites is 1. The van der Waals surface area contributed by atoms with E-state index in [1.165, 1.54) is 24.1 Å². The molecule has 1 aliphatic rings. The Labute approximate surface area is 102 Å². The van der Waals surface area contributed by atoms with Gasteiger partial charge in [0.2, 0.25) is 6.67 Å². The molecule has 1 aromatic heterocycles. The fourth-order valence-electron chi connectivity index (χ4n) is 2.48. The van der Waals surface area contributed by atoms with Crippen molar-refractivity contribution in [2.24, 2.45) is 0 Å². The number of rotatable bonds is 2. The maximum absolute atomic E-state index is 2.46. The number of benzene rings is 1. The maximum Gasteiger partial charge on any atom is 0.223 e. The van der Waals surface area contributed by atoms with Crippen molar-refractivity contribution in [3.8, 4) is 0 Å². The van der Waals surface area contributed by atoms with E-state index in [-0.39, 0.29) is 0 Å². The van der Waals surface area contributed by atoms with Crippen LogP contribution in [0.2, 0.25) is 0 Å². The Morgan fingerprint density at radius 2 is 1.82 bits per heavy atom. The summed E-state index contributed by atoms with van der Waals surface area (Å²) < 4.78 is 2.22. The third-order valence-corrected chi connectivity index (χ3v) is 3.32. The van der Waals surface area contributed by atoms with Gasteiger partial charge in [0.15, 0.2) is 12.4 Å². The smallest absolute Gasteiger partial charge is 0.223 e. The molecule has 1 aliphatic heterocycles. The monoisotopic (exact) mass is 225 g/mol. The molecule has 0 saturated heterocycles. The van der Waals surface area contributed by atoms with Crippen molar-refractivity contribution in [1.82, 2.24) is 0 Å². The van der Waals surface area contributed by atoms with Gasteiger partial charge in [0, 0.05) is 24.4 Å². The van der Waals surface area contributed by atoms with E-state index in [9.17, 15) is 0 Å². The van der Waals surface area contributed by atoms with Crippen LogP contribution in [0, 0.1) is 0 Å². The third kappa shape index (κ3) is 2.16. The second-order valence-corrected chi connectivity index (χ2v) is 4.53. The van der Waals surface area contributed by atoms with Gasteiger partial charge in [0.05, 0.1) is 0 Å². The molecular formula is C15H17N2+. The van der Waals surface area contributed by atoms with Gasteiger partial charge in [-0.25, -0.2) is 0 Å². The Bertz CT molecular complexity index is 493. The molecule has 0 fully saturated rings. The van der Waals surface area contributed by atoms with Gasteiger partial charge in [-0.2, -0.15) is 4.57 Å². The SMILES string of the molecule is c1cc[n+](CN2CCCc3ccccc32)cc1. The molecule has 2 aromatic rings. The molecule has 2 heterocycles. The number of hydrogen-bond acceptors (Lipinski definition) is 1. The summed E-state index contributed by atoms with van der Waals surface area (Å²) in [5.41, 5.74) is 2.88. The molecule has 0 N–H and O–H groups in total. The highest BCUT2D eigenvalue weighted by Gasteiger charge is 2.18. The number of fused-ring (bicyclic) bond motifs is 1. The van der Waals surface area contributed by atoms with Crippen LogP contribution in [-0.4, -0.2) is 6.54 Å². The van der Waals surface area contributed by atoms with E-state index >= 15 is 0 Å². The standard InChI is InChI=1S/C15H17N2/c1-4-10-16(11-5-1)13-17-12-6-8-14-7-2-3-9-15(14)17/h1-5,7,9-11H,6,8,12-13H2/q+1. The van der Waals surface area contributed by atoms with Crippen LogP contribution in [0.3, 0.4) is 0 Å². The number of aromatic nitrogens is 1. The first-order valence-electron chi connectivity index (χ1n) is 6.20. The number of aryl methyl sites for hydroxylation is 1. The van der Waals surface area contributed by atoms with Gasteiger partial charge in [-0.1, -0.05) is 24.3 Å². The molecule has 0 bridgehead atoms. The first kappa shape index (κ1) is 10.3. The van der Waals surface area contributed by atoms with Crippen LogP contribution in [0.25, 0.3) is 0 Å².